The summed E-state index contributed by atoms with van der Waals surface area (Å²) in [4.78, 5) is 4.36. The molecule has 1 aliphatic rings. The topological polar surface area (TPSA) is 49.0 Å². The van der Waals surface area contributed by atoms with E-state index in [2.05, 4.69) is 60.8 Å². The second kappa shape index (κ2) is 13.5. The van der Waals surface area contributed by atoms with E-state index in [0.29, 0.717) is 22.8 Å². The zero-order valence-electron chi connectivity index (χ0n) is 23.4. The molecule has 37 heavy (non-hydrogen) atoms. The van der Waals surface area contributed by atoms with Gasteiger partial charge in [-0.05, 0) is 51.5 Å². The zero-order valence-corrected chi connectivity index (χ0v) is 23.4. The number of pyridine rings is 1. The standard InChI is InChI=1S/C31H44F2N4/c1-10-25(16-28(32)24(6)36-22(4)21(3)35-20(2)18-31(7,8)9)23(5)37-27-17-29(33)30(34-19-27)26-14-12-11-13-15-26/h1,16-17,19,21-22,26,35-37H,2,5,11-15,18H2,3-4,6-9H3/b25-16-,28-24-. The van der Waals surface area contributed by atoms with Gasteiger partial charge < -0.3 is 16.0 Å². The number of anilines is 1. The lowest BCUT2D eigenvalue weighted by molar-refractivity contribution is 0.379. The molecule has 2 atom stereocenters. The fourth-order valence-electron chi connectivity index (χ4n) is 4.56. The number of aromatic nitrogens is 1. The molecule has 0 saturated heterocycles. The van der Waals surface area contributed by atoms with Gasteiger partial charge in [-0.25, -0.2) is 8.78 Å². The summed E-state index contributed by atoms with van der Waals surface area (Å²) in [5.74, 6) is 1.79. The van der Waals surface area contributed by atoms with Crippen molar-refractivity contribution in [3.05, 3.63) is 71.5 Å². The van der Waals surface area contributed by atoms with Crippen LogP contribution in [0.3, 0.4) is 0 Å². The third-order valence-corrected chi connectivity index (χ3v) is 6.64. The van der Waals surface area contributed by atoms with Crippen LogP contribution < -0.4 is 16.0 Å². The minimum atomic E-state index is -0.500. The predicted molar refractivity (Wildman–Crippen MR) is 152 cm³/mol. The molecule has 1 aromatic rings. The number of allylic oxidation sites excluding steroid dienone is 5. The van der Waals surface area contributed by atoms with Crippen LogP contribution in [0.25, 0.3) is 0 Å². The van der Waals surface area contributed by atoms with Crippen LogP contribution in [-0.4, -0.2) is 17.1 Å². The highest BCUT2D eigenvalue weighted by atomic mass is 19.1. The Hall–Kier alpha value is -3.07. The van der Waals surface area contributed by atoms with E-state index in [0.717, 1.165) is 37.8 Å². The lowest BCUT2D eigenvalue weighted by Crippen LogP contribution is -2.43. The molecule has 4 nitrogen and oxygen atoms in total. The van der Waals surface area contributed by atoms with E-state index in [1.54, 1.807) is 13.1 Å². The quantitative estimate of drug-likeness (QED) is 0.209. The van der Waals surface area contributed by atoms with Gasteiger partial charge in [0.15, 0.2) is 0 Å². The molecule has 3 N–H and O–H groups in total. The lowest BCUT2D eigenvalue weighted by Gasteiger charge is -2.28. The normalized spacial score (nSPS) is 17.2. The van der Waals surface area contributed by atoms with Crippen molar-refractivity contribution in [1.82, 2.24) is 15.6 Å². The minimum absolute atomic E-state index is 0.0318. The summed E-state index contributed by atoms with van der Waals surface area (Å²) in [7, 11) is 0. The van der Waals surface area contributed by atoms with Crippen molar-refractivity contribution in [3.8, 4) is 12.3 Å². The summed E-state index contributed by atoms with van der Waals surface area (Å²) < 4.78 is 29.8. The number of terminal acetylenes is 1. The molecule has 202 valence electrons. The van der Waals surface area contributed by atoms with Gasteiger partial charge in [-0.2, -0.15) is 0 Å². The van der Waals surface area contributed by atoms with E-state index < -0.39 is 5.83 Å². The Morgan fingerprint density at radius 1 is 1.19 bits per heavy atom. The first-order valence-corrected chi connectivity index (χ1v) is 13.2. The van der Waals surface area contributed by atoms with Crippen LogP contribution >= 0.6 is 0 Å². The molecule has 0 radical (unpaired) electrons. The molecule has 0 aliphatic heterocycles. The monoisotopic (exact) mass is 510 g/mol. The van der Waals surface area contributed by atoms with Gasteiger partial charge >= 0.3 is 0 Å². The van der Waals surface area contributed by atoms with E-state index >= 15 is 4.39 Å². The number of hydrogen-bond donors (Lipinski definition) is 3. The molecule has 2 unspecified atom stereocenters. The molecular weight excluding hydrogens is 466 g/mol. The maximum absolute atomic E-state index is 15.0. The molecule has 0 aromatic carbocycles. The van der Waals surface area contributed by atoms with E-state index in [-0.39, 0.29) is 34.8 Å². The average molecular weight is 511 g/mol. The lowest BCUT2D eigenvalue weighted by atomic mass is 9.86. The Labute approximate surface area is 222 Å². The van der Waals surface area contributed by atoms with Gasteiger partial charge in [-0.1, -0.05) is 59.1 Å². The number of nitrogens with one attached hydrogen (secondary N) is 3. The van der Waals surface area contributed by atoms with E-state index in [4.69, 9.17) is 6.42 Å². The summed E-state index contributed by atoms with van der Waals surface area (Å²) in [6.07, 6.45) is 14.7. The van der Waals surface area contributed by atoms with Gasteiger partial charge in [0.25, 0.3) is 0 Å². The Bertz CT molecular complexity index is 1070. The van der Waals surface area contributed by atoms with Crippen molar-refractivity contribution in [2.45, 2.75) is 98.1 Å². The highest BCUT2D eigenvalue weighted by molar-refractivity contribution is 5.57. The average Bonchev–Trinajstić information content (AvgIpc) is 2.81. The highest BCUT2D eigenvalue weighted by Gasteiger charge is 2.21. The largest absolute Gasteiger partial charge is 0.384 e. The van der Waals surface area contributed by atoms with E-state index in [9.17, 15) is 4.39 Å². The van der Waals surface area contributed by atoms with Crippen molar-refractivity contribution in [3.63, 3.8) is 0 Å². The van der Waals surface area contributed by atoms with Gasteiger partial charge in [-0.15, -0.1) is 6.42 Å². The van der Waals surface area contributed by atoms with Gasteiger partial charge in [0, 0.05) is 41.2 Å². The van der Waals surface area contributed by atoms with Crippen LogP contribution in [0.2, 0.25) is 0 Å². The van der Waals surface area contributed by atoms with E-state index in [1.807, 2.05) is 13.8 Å². The van der Waals surface area contributed by atoms with Gasteiger partial charge in [0.05, 0.1) is 23.2 Å². The number of rotatable bonds is 11. The van der Waals surface area contributed by atoms with Crippen molar-refractivity contribution in [2.24, 2.45) is 5.41 Å². The van der Waals surface area contributed by atoms with Crippen LogP contribution in [0.15, 0.2) is 60.0 Å². The summed E-state index contributed by atoms with van der Waals surface area (Å²) in [6.45, 7) is 20.2. The zero-order chi connectivity index (χ0) is 27.8. The molecule has 6 heteroatoms. The maximum atomic E-state index is 15.0. The molecule has 1 fully saturated rings. The second-order valence-corrected chi connectivity index (χ2v) is 11.4. The number of nitrogens with zero attached hydrogens (tertiary/aromatic N) is 1. The molecule has 0 bridgehead atoms. The fraction of sp³-hybridized carbons (Fsp3) is 0.516. The van der Waals surface area contributed by atoms with Gasteiger partial charge in [0.2, 0.25) is 0 Å². The summed E-state index contributed by atoms with van der Waals surface area (Å²) in [6, 6.07) is 1.37. The summed E-state index contributed by atoms with van der Waals surface area (Å²) >= 11 is 0. The third kappa shape index (κ3) is 9.72. The second-order valence-electron chi connectivity index (χ2n) is 11.4. The number of halogens is 2. The Morgan fingerprint density at radius 3 is 2.38 bits per heavy atom. The molecule has 0 amide bonds. The summed E-state index contributed by atoms with van der Waals surface area (Å²) in [5, 5.41) is 9.56. The van der Waals surface area contributed by atoms with Gasteiger partial charge in [-0.3, -0.25) is 4.98 Å². The van der Waals surface area contributed by atoms with Crippen molar-refractivity contribution in [1.29, 1.82) is 0 Å². The summed E-state index contributed by atoms with van der Waals surface area (Å²) in [5.41, 5.74) is 2.89. The number of hydrogen-bond acceptors (Lipinski definition) is 4. The van der Waals surface area contributed by atoms with Crippen LogP contribution in [-0.2, 0) is 0 Å². The Kier molecular flexibility index (Phi) is 11.0. The fourth-order valence-corrected chi connectivity index (χ4v) is 4.56. The van der Waals surface area contributed by atoms with Crippen molar-refractivity contribution < 1.29 is 8.78 Å². The van der Waals surface area contributed by atoms with Crippen molar-refractivity contribution >= 4 is 5.69 Å². The molecule has 0 spiro atoms. The Balaban J connectivity index is 2.04. The maximum Gasteiger partial charge on any atom is 0.147 e. The molecule has 1 saturated carbocycles. The van der Waals surface area contributed by atoms with Crippen LogP contribution in [0.5, 0.6) is 0 Å². The van der Waals surface area contributed by atoms with E-state index in [1.165, 1.54) is 18.6 Å². The molecule has 1 heterocycles. The SMILES string of the molecule is C#C/C(=C/C(F)=C(\C)NC(C)C(C)NC(=C)CC(C)(C)C)C(=C)Nc1cnc(C2CCCCC2)c(F)c1. The minimum Gasteiger partial charge on any atom is -0.384 e. The van der Waals surface area contributed by atoms with Crippen LogP contribution in [0.1, 0.15) is 91.7 Å². The third-order valence-electron chi connectivity index (χ3n) is 6.64. The molecule has 1 aromatic heterocycles. The molecule has 2 rings (SSSR count). The highest BCUT2D eigenvalue weighted by Crippen LogP contribution is 2.33. The first-order chi connectivity index (χ1) is 17.3. The predicted octanol–water partition coefficient (Wildman–Crippen LogP) is 7.86. The van der Waals surface area contributed by atoms with Gasteiger partial charge in [0.1, 0.15) is 11.6 Å². The smallest absolute Gasteiger partial charge is 0.147 e. The van der Waals surface area contributed by atoms with Crippen molar-refractivity contribution in [2.75, 3.05) is 5.32 Å². The van der Waals surface area contributed by atoms with Crippen LogP contribution in [0, 0.1) is 23.6 Å². The molecule has 1 aliphatic carbocycles. The molecular formula is C31H44F2N4. The first-order valence-electron chi connectivity index (χ1n) is 13.2. The first kappa shape index (κ1) is 30.2. The van der Waals surface area contributed by atoms with Crippen LogP contribution in [0.4, 0.5) is 14.5 Å². The Morgan fingerprint density at radius 2 is 1.81 bits per heavy atom.